The Morgan fingerprint density at radius 1 is 1.41 bits per heavy atom. The van der Waals surface area contributed by atoms with Crippen LogP contribution in [0.3, 0.4) is 0 Å². The molecule has 2 aromatic heterocycles. The average Bonchev–Trinajstić information content (AvgIpc) is 3.13. The minimum Gasteiger partial charge on any atom is -0.354 e. The standard InChI is InChI=1S/C16H20N4O2/c1-12(21)20-10-4-5-14(20)16(22)17-8-7-13-11-19-9-3-2-6-15(19)18-13/h2-3,6,9,11,14H,4-5,7-8,10H2,1H3,(H,17,22). The van der Waals surface area contributed by atoms with Gasteiger partial charge in [-0.15, -0.1) is 0 Å². The van der Waals surface area contributed by atoms with Crippen molar-refractivity contribution >= 4 is 17.5 Å². The Balaban J connectivity index is 1.54. The summed E-state index contributed by atoms with van der Waals surface area (Å²) in [5.74, 6) is -0.0885. The zero-order valence-corrected chi connectivity index (χ0v) is 12.7. The van der Waals surface area contributed by atoms with Gasteiger partial charge in [-0.2, -0.15) is 0 Å². The Morgan fingerprint density at radius 2 is 2.27 bits per heavy atom. The molecule has 0 aliphatic carbocycles. The molecular weight excluding hydrogens is 280 g/mol. The highest BCUT2D eigenvalue weighted by Gasteiger charge is 2.31. The molecule has 2 aromatic rings. The van der Waals surface area contributed by atoms with Gasteiger partial charge in [-0.3, -0.25) is 9.59 Å². The summed E-state index contributed by atoms with van der Waals surface area (Å²) in [6.07, 6.45) is 6.25. The lowest BCUT2D eigenvalue weighted by molar-refractivity contribution is -0.136. The Hall–Kier alpha value is -2.37. The molecule has 22 heavy (non-hydrogen) atoms. The van der Waals surface area contributed by atoms with Gasteiger partial charge in [0, 0.05) is 38.8 Å². The maximum atomic E-state index is 12.2. The van der Waals surface area contributed by atoms with Crippen molar-refractivity contribution in [1.82, 2.24) is 19.6 Å². The van der Waals surface area contributed by atoms with Crippen molar-refractivity contribution in [3.05, 3.63) is 36.3 Å². The number of imidazole rings is 1. The summed E-state index contributed by atoms with van der Waals surface area (Å²) in [4.78, 5) is 29.8. The van der Waals surface area contributed by atoms with E-state index in [1.807, 2.05) is 35.0 Å². The lowest BCUT2D eigenvalue weighted by atomic mass is 10.2. The van der Waals surface area contributed by atoms with Gasteiger partial charge in [-0.05, 0) is 25.0 Å². The molecule has 3 rings (SSSR count). The second kappa shape index (κ2) is 6.17. The molecule has 1 saturated heterocycles. The number of amides is 2. The fraction of sp³-hybridized carbons (Fsp3) is 0.438. The number of pyridine rings is 1. The third-order valence-electron chi connectivity index (χ3n) is 4.05. The van der Waals surface area contributed by atoms with Gasteiger partial charge in [0.25, 0.3) is 0 Å². The van der Waals surface area contributed by atoms with Crippen molar-refractivity contribution in [3.8, 4) is 0 Å². The number of rotatable bonds is 4. The normalized spacial score (nSPS) is 17.9. The number of hydrogen-bond donors (Lipinski definition) is 1. The molecule has 1 fully saturated rings. The number of aromatic nitrogens is 2. The van der Waals surface area contributed by atoms with Gasteiger partial charge in [0.15, 0.2) is 0 Å². The lowest BCUT2D eigenvalue weighted by Gasteiger charge is -2.22. The van der Waals surface area contributed by atoms with E-state index in [1.54, 1.807) is 4.90 Å². The number of nitrogens with zero attached hydrogens (tertiary/aromatic N) is 3. The van der Waals surface area contributed by atoms with Crippen LogP contribution in [0.4, 0.5) is 0 Å². The smallest absolute Gasteiger partial charge is 0.242 e. The van der Waals surface area contributed by atoms with Crippen molar-refractivity contribution in [2.45, 2.75) is 32.2 Å². The molecule has 1 atom stereocenters. The van der Waals surface area contributed by atoms with Crippen LogP contribution in [0.2, 0.25) is 0 Å². The van der Waals surface area contributed by atoms with Crippen molar-refractivity contribution in [2.75, 3.05) is 13.1 Å². The van der Waals surface area contributed by atoms with E-state index in [4.69, 9.17) is 0 Å². The van der Waals surface area contributed by atoms with Crippen molar-refractivity contribution in [3.63, 3.8) is 0 Å². The molecule has 1 N–H and O–H groups in total. The van der Waals surface area contributed by atoms with Crippen LogP contribution >= 0.6 is 0 Å². The summed E-state index contributed by atoms with van der Waals surface area (Å²) in [6.45, 7) is 2.73. The van der Waals surface area contributed by atoms with Crippen LogP contribution in [-0.4, -0.2) is 45.2 Å². The molecule has 6 heteroatoms. The minimum atomic E-state index is -0.307. The molecule has 0 aromatic carbocycles. The largest absolute Gasteiger partial charge is 0.354 e. The van der Waals surface area contributed by atoms with Crippen LogP contribution in [-0.2, 0) is 16.0 Å². The van der Waals surface area contributed by atoms with Gasteiger partial charge in [-0.25, -0.2) is 4.98 Å². The van der Waals surface area contributed by atoms with E-state index in [-0.39, 0.29) is 17.9 Å². The predicted molar refractivity (Wildman–Crippen MR) is 82.3 cm³/mol. The second-order valence-corrected chi connectivity index (χ2v) is 5.61. The molecule has 6 nitrogen and oxygen atoms in total. The average molecular weight is 300 g/mol. The van der Waals surface area contributed by atoms with E-state index in [2.05, 4.69) is 10.3 Å². The van der Waals surface area contributed by atoms with Gasteiger partial charge < -0.3 is 14.6 Å². The van der Waals surface area contributed by atoms with E-state index < -0.39 is 0 Å². The van der Waals surface area contributed by atoms with Crippen LogP contribution in [0, 0.1) is 0 Å². The number of nitrogens with one attached hydrogen (secondary N) is 1. The molecule has 1 unspecified atom stereocenters. The Morgan fingerprint density at radius 3 is 3.05 bits per heavy atom. The summed E-state index contributed by atoms with van der Waals surface area (Å²) < 4.78 is 1.96. The van der Waals surface area contributed by atoms with Gasteiger partial charge in [0.05, 0.1) is 5.69 Å². The SMILES string of the molecule is CC(=O)N1CCCC1C(=O)NCCc1cn2ccccc2n1. The summed E-state index contributed by atoms with van der Waals surface area (Å²) in [5, 5.41) is 2.92. The van der Waals surface area contributed by atoms with E-state index in [0.29, 0.717) is 19.5 Å². The maximum absolute atomic E-state index is 12.2. The number of carbonyl (C=O) groups is 2. The molecule has 0 spiro atoms. The van der Waals surface area contributed by atoms with Crippen LogP contribution < -0.4 is 5.32 Å². The number of hydrogen-bond acceptors (Lipinski definition) is 3. The highest BCUT2D eigenvalue weighted by molar-refractivity contribution is 5.87. The number of carbonyl (C=O) groups excluding carboxylic acids is 2. The molecule has 1 aliphatic heterocycles. The zero-order chi connectivity index (χ0) is 15.5. The van der Waals surface area contributed by atoms with E-state index in [0.717, 1.165) is 24.2 Å². The predicted octanol–water partition coefficient (Wildman–Crippen LogP) is 1.00. The molecule has 0 bridgehead atoms. The van der Waals surface area contributed by atoms with E-state index in [9.17, 15) is 9.59 Å². The summed E-state index contributed by atoms with van der Waals surface area (Å²) in [7, 11) is 0. The Labute approximate surface area is 129 Å². The first kappa shape index (κ1) is 14.6. The minimum absolute atomic E-state index is 0.0296. The highest BCUT2D eigenvalue weighted by Crippen LogP contribution is 2.17. The zero-order valence-electron chi connectivity index (χ0n) is 12.7. The number of fused-ring (bicyclic) bond motifs is 1. The number of likely N-dealkylation sites (tertiary alicyclic amines) is 1. The topological polar surface area (TPSA) is 66.7 Å². The van der Waals surface area contributed by atoms with Crippen molar-refractivity contribution < 1.29 is 9.59 Å². The molecule has 116 valence electrons. The summed E-state index contributed by atoms with van der Waals surface area (Å²) >= 11 is 0. The lowest BCUT2D eigenvalue weighted by Crippen LogP contribution is -2.45. The first-order chi connectivity index (χ1) is 10.6. The van der Waals surface area contributed by atoms with Gasteiger partial charge >= 0.3 is 0 Å². The van der Waals surface area contributed by atoms with Crippen molar-refractivity contribution in [1.29, 1.82) is 0 Å². The van der Waals surface area contributed by atoms with Crippen molar-refractivity contribution in [2.24, 2.45) is 0 Å². The summed E-state index contributed by atoms with van der Waals surface area (Å²) in [6, 6.07) is 5.55. The first-order valence-electron chi connectivity index (χ1n) is 7.62. The fourth-order valence-electron chi connectivity index (χ4n) is 2.96. The maximum Gasteiger partial charge on any atom is 0.242 e. The molecule has 0 radical (unpaired) electrons. The van der Waals surface area contributed by atoms with Crippen LogP contribution in [0.15, 0.2) is 30.6 Å². The quantitative estimate of drug-likeness (QED) is 0.916. The molecular formula is C16H20N4O2. The third-order valence-corrected chi connectivity index (χ3v) is 4.05. The highest BCUT2D eigenvalue weighted by atomic mass is 16.2. The fourth-order valence-corrected chi connectivity index (χ4v) is 2.96. The van der Waals surface area contributed by atoms with E-state index in [1.165, 1.54) is 6.92 Å². The summed E-state index contributed by atoms with van der Waals surface area (Å²) in [5.41, 5.74) is 1.85. The molecule has 2 amide bonds. The second-order valence-electron chi connectivity index (χ2n) is 5.61. The monoisotopic (exact) mass is 300 g/mol. The van der Waals surface area contributed by atoms with E-state index >= 15 is 0 Å². The van der Waals surface area contributed by atoms with Gasteiger partial charge in [0.2, 0.25) is 11.8 Å². The molecule has 3 heterocycles. The Bertz CT molecular complexity index is 661. The molecule has 1 aliphatic rings. The molecule has 0 saturated carbocycles. The Kier molecular flexibility index (Phi) is 4.09. The van der Waals surface area contributed by atoms with Gasteiger partial charge in [-0.1, -0.05) is 6.07 Å². The van der Waals surface area contributed by atoms with Crippen LogP contribution in [0.1, 0.15) is 25.5 Å². The third kappa shape index (κ3) is 2.95. The van der Waals surface area contributed by atoms with Crippen LogP contribution in [0.25, 0.3) is 5.65 Å². The van der Waals surface area contributed by atoms with Crippen LogP contribution in [0.5, 0.6) is 0 Å². The first-order valence-corrected chi connectivity index (χ1v) is 7.62. The van der Waals surface area contributed by atoms with Gasteiger partial charge in [0.1, 0.15) is 11.7 Å².